The number of nitrogens with one attached hydrogen (secondary N) is 1. The molecule has 1 N–H and O–H groups in total. The number of esters is 1. The van der Waals surface area contributed by atoms with Gasteiger partial charge in [-0.15, -0.1) is 11.8 Å². The zero-order valence-electron chi connectivity index (χ0n) is 15.2. The number of benzene rings is 3. The van der Waals surface area contributed by atoms with Gasteiger partial charge in [0.2, 0.25) is 0 Å². The normalized spacial score (nSPS) is 10.9. The van der Waals surface area contributed by atoms with Gasteiger partial charge in [-0.3, -0.25) is 0 Å². The van der Waals surface area contributed by atoms with Crippen LogP contribution in [0.15, 0.2) is 77.7 Å². The Bertz CT molecular complexity index is 1110. The molecule has 4 rings (SSSR count). The van der Waals surface area contributed by atoms with E-state index >= 15 is 0 Å². The number of thioether (sulfide) groups is 1. The molecule has 0 aliphatic rings. The van der Waals surface area contributed by atoms with Gasteiger partial charge in [0.05, 0.1) is 18.4 Å². The summed E-state index contributed by atoms with van der Waals surface area (Å²) in [5.74, 6) is -0.334. The maximum Gasteiger partial charge on any atom is 0.337 e. The van der Waals surface area contributed by atoms with Crippen molar-refractivity contribution in [3.8, 4) is 22.4 Å². The highest BCUT2D eigenvalue weighted by atomic mass is 32.2. The lowest BCUT2D eigenvalue weighted by Crippen LogP contribution is -2.00. The molecule has 0 aliphatic heterocycles. The summed E-state index contributed by atoms with van der Waals surface area (Å²) in [6, 6.07) is 24.4. The number of ether oxygens (including phenoxy) is 1. The standard InChI is InChI=1S/C23H19NO2S/c1-26-23(25)17-7-5-6-16(14-17)22-21(15-10-12-18(27-2)13-11-15)19-8-3-4-9-20(19)24-22/h3-14,24H,1-2H3. The number of methoxy groups -OCH3 is 1. The third-order valence-corrected chi connectivity index (χ3v) is 5.40. The van der Waals surface area contributed by atoms with E-state index < -0.39 is 0 Å². The molecule has 4 heteroatoms. The second-order valence-corrected chi connectivity index (χ2v) is 7.10. The minimum Gasteiger partial charge on any atom is -0.465 e. The average molecular weight is 373 g/mol. The molecule has 0 saturated heterocycles. The lowest BCUT2D eigenvalue weighted by molar-refractivity contribution is 0.0601. The molecule has 0 fully saturated rings. The van der Waals surface area contributed by atoms with Gasteiger partial charge in [0.25, 0.3) is 0 Å². The number of rotatable bonds is 4. The van der Waals surface area contributed by atoms with E-state index in [2.05, 4.69) is 47.6 Å². The summed E-state index contributed by atoms with van der Waals surface area (Å²) >= 11 is 1.73. The number of hydrogen-bond acceptors (Lipinski definition) is 3. The van der Waals surface area contributed by atoms with Crippen LogP contribution in [0.5, 0.6) is 0 Å². The number of carbonyl (C=O) groups excluding carboxylic acids is 1. The number of aromatic nitrogens is 1. The highest BCUT2D eigenvalue weighted by Gasteiger charge is 2.16. The zero-order chi connectivity index (χ0) is 18.8. The smallest absolute Gasteiger partial charge is 0.337 e. The Kier molecular flexibility index (Phi) is 4.73. The third kappa shape index (κ3) is 3.24. The lowest BCUT2D eigenvalue weighted by atomic mass is 9.97. The molecule has 134 valence electrons. The van der Waals surface area contributed by atoms with Gasteiger partial charge in [-0.25, -0.2) is 4.79 Å². The first-order chi connectivity index (χ1) is 13.2. The molecule has 0 saturated carbocycles. The van der Waals surface area contributed by atoms with Crippen LogP contribution in [0.1, 0.15) is 10.4 Å². The predicted octanol–water partition coefficient (Wildman–Crippen LogP) is 6.01. The quantitative estimate of drug-likeness (QED) is 0.352. The van der Waals surface area contributed by atoms with E-state index in [9.17, 15) is 4.79 Å². The minimum absolute atomic E-state index is 0.334. The monoisotopic (exact) mass is 373 g/mol. The summed E-state index contributed by atoms with van der Waals surface area (Å²) in [6.45, 7) is 0. The number of aromatic amines is 1. The van der Waals surface area contributed by atoms with E-state index in [1.54, 1.807) is 17.8 Å². The van der Waals surface area contributed by atoms with E-state index in [1.807, 2.05) is 30.3 Å². The van der Waals surface area contributed by atoms with Crippen LogP contribution < -0.4 is 0 Å². The number of fused-ring (bicyclic) bond motifs is 1. The molecule has 0 atom stereocenters. The Hall–Kier alpha value is -2.98. The number of hydrogen-bond donors (Lipinski definition) is 1. The van der Waals surface area contributed by atoms with E-state index in [0.29, 0.717) is 5.56 Å². The van der Waals surface area contributed by atoms with Gasteiger partial charge in [0.1, 0.15) is 0 Å². The van der Waals surface area contributed by atoms with Crippen LogP contribution in [-0.2, 0) is 4.74 Å². The largest absolute Gasteiger partial charge is 0.465 e. The van der Waals surface area contributed by atoms with E-state index in [4.69, 9.17) is 4.74 Å². The first-order valence-electron chi connectivity index (χ1n) is 8.65. The van der Waals surface area contributed by atoms with E-state index in [1.165, 1.54) is 12.0 Å². The lowest BCUT2D eigenvalue weighted by Gasteiger charge is -2.08. The van der Waals surface area contributed by atoms with Gasteiger partial charge in [-0.1, -0.05) is 42.5 Å². The van der Waals surface area contributed by atoms with Crippen LogP contribution in [0, 0.1) is 0 Å². The average Bonchev–Trinajstić information content (AvgIpc) is 3.13. The molecular weight excluding hydrogens is 354 g/mol. The van der Waals surface area contributed by atoms with Gasteiger partial charge in [0.15, 0.2) is 0 Å². The molecular formula is C23H19NO2S. The molecule has 0 unspecified atom stereocenters. The van der Waals surface area contributed by atoms with E-state index in [-0.39, 0.29) is 5.97 Å². The van der Waals surface area contributed by atoms with Gasteiger partial charge in [0, 0.05) is 21.4 Å². The highest BCUT2D eigenvalue weighted by molar-refractivity contribution is 7.98. The third-order valence-electron chi connectivity index (χ3n) is 4.66. The number of H-pyrrole nitrogens is 1. The highest BCUT2D eigenvalue weighted by Crippen LogP contribution is 2.39. The Labute approximate surface area is 162 Å². The van der Waals surface area contributed by atoms with Crippen molar-refractivity contribution in [2.24, 2.45) is 0 Å². The van der Waals surface area contributed by atoms with Crippen molar-refractivity contribution < 1.29 is 9.53 Å². The molecule has 0 spiro atoms. The minimum atomic E-state index is -0.334. The topological polar surface area (TPSA) is 42.1 Å². The number of para-hydroxylation sites is 1. The van der Waals surface area contributed by atoms with Crippen molar-refractivity contribution in [2.75, 3.05) is 13.4 Å². The summed E-state index contributed by atoms with van der Waals surface area (Å²) in [5.41, 5.74) is 5.85. The van der Waals surface area contributed by atoms with Crippen molar-refractivity contribution in [1.29, 1.82) is 0 Å². The van der Waals surface area contributed by atoms with Gasteiger partial charge in [-0.2, -0.15) is 0 Å². The second kappa shape index (κ2) is 7.33. The van der Waals surface area contributed by atoms with Crippen LogP contribution in [0.25, 0.3) is 33.3 Å². The molecule has 3 aromatic carbocycles. The molecule has 27 heavy (non-hydrogen) atoms. The maximum atomic E-state index is 12.0. The SMILES string of the molecule is COC(=O)c1cccc(-c2[nH]c3ccccc3c2-c2ccc(SC)cc2)c1. The first kappa shape index (κ1) is 17.4. The molecule has 4 aromatic rings. The molecule has 0 radical (unpaired) electrons. The molecule has 0 aliphatic carbocycles. The molecule has 0 amide bonds. The Morgan fingerprint density at radius 1 is 0.926 bits per heavy atom. The van der Waals surface area contributed by atoms with Crippen LogP contribution in [0.4, 0.5) is 0 Å². The van der Waals surface area contributed by atoms with Crippen LogP contribution in [-0.4, -0.2) is 24.3 Å². The molecule has 1 heterocycles. The Morgan fingerprint density at radius 3 is 2.44 bits per heavy atom. The van der Waals surface area contributed by atoms with Crippen molar-refractivity contribution in [2.45, 2.75) is 4.90 Å². The van der Waals surface area contributed by atoms with Crippen LogP contribution in [0.2, 0.25) is 0 Å². The fraction of sp³-hybridized carbons (Fsp3) is 0.0870. The summed E-state index contributed by atoms with van der Waals surface area (Å²) in [4.78, 5) is 16.7. The van der Waals surface area contributed by atoms with E-state index in [0.717, 1.165) is 33.3 Å². The zero-order valence-corrected chi connectivity index (χ0v) is 16.0. The van der Waals surface area contributed by atoms with Gasteiger partial charge < -0.3 is 9.72 Å². The summed E-state index contributed by atoms with van der Waals surface area (Å²) in [6.07, 6.45) is 2.07. The molecule has 3 nitrogen and oxygen atoms in total. The fourth-order valence-corrected chi connectivity index (χ4v) is 3.74. The van der Waals surface area contributed by atoms with Crippen molar-refractivity contribution >= 4 is 28.6 Å². The van der Waals surface area contributed by atoms with Gasteiger partial charge in [-0.05, 0) is 47.7 Å². The Balaban J connectivity index is 1.94. The fourth-order valence-electron chi connectivity index (χ4n) is 3.34. The maximum absolute atomic E-state index is 12.0. The summed E-state index contributed by atoms with van der Waals surface area (Å²) < 4.78 is 4.88. The van der Waals surface area contributed by atoms with Gasteiger partial charge >= 0.3 is 5.97 Å². The molecule has 0 bridgehead atoms. The van der Waals surface area contributed by atoms with Crippen molar-refractivity contribution in [1.82, 2.24) is 4.98 Å². The van der Waals surface area contributed by atoms with Crippen molar-refractivity contribution in [3.05, 3.63) is 78.4 Å². The predicted molar refractivity (Wildman–Crippen MR) is 112 cm³/mol. The second-order valence-electron chi connectivity index (χ2n) is 6.22. The molecule has 1 aromatic heterocycles. The Morgan fingerprint density at radius 2 is 1.70 bits per heavy atom. The summed E-state index contributed by atoms with van der Waals surface area (Å²) in [7, 11) is 1.40. The van der Waals surface area contributed by atoms with Crippen molar-refractivity contribution in [3.63, 3.8) is 0 Å². The van der Waals surface area contributed by atoms with Crippen LogP contribution in [0.3, 0.4) is 0 Å². The number of carbonyl (C=O) groups is 1. The summed E-state index contributed by atoms with van der Waals surface area (Å²) in [5, 5.41) is 1.16. The first-order valence-corrected chi connectivity index (χ1v) is 9.87. The van der Waals surface area contributed by atoms with Crippen LogP contribution >= 0.6 is 11.8 Å².